The van der Waals surface area contributed by atoms with Crippen molar-refractivity contribution in [2.24, 2.45) is 0 Å². The highest BCUT2D eigenvalue weighted by Crippen LogP contribution is 2.35. The minimum Gasteiger partial charge on any atom is -0.488 e. The Kier molecular flexibility index (Phi) is 12.6. The van der Waals surface area contributed by atoms with Crippen LogP contribution in [0.3, 0.4) is 0 Å². The summed E-state index contributed by atoms with van der Waals surface area (Å²) in [5.41, 5.74) is 11.8. The maximum atomic E-state index is 10.0. The monoisotopic (exact) mass is 746 g/mol. The van der Waals surface area contributed by atoms with Gasteiger partial charge in [-0.3, -0.25) is 9.97 Å². The number of hydrogen-bond donors (Lipinski definition) is 2. The van der Waals surface area contributed by atoms with Crippen LogP contribution in [0, 0.1) is 50.4 Å². The Bertz CT molecular complexity index is 2280. The molecule has 6 aromatic rings. The van der Waals surface area contributed by atoms with Crippen molar-refractivity contribution < 1.29 is 29.2 Å². The van der Waals surface area contributed by atoms with Gasteiger partial charge in [-0.15, -0.1) is 0 Å². The Hall–Kier alpha value is -6.72. The molecule has 0 radical (unpaired) electrons. The molecular formula is C46H42N4O6. The molecule has 0 aliphatic heterocycles. The predicted molar refractivity (Wildman–Crippen MR) is 211 cm³/mol. The third-order valence-electron chi connectivity index (χ3n) is 9.64. The molecule has 0 atom stereocenters. The summed E-state index contributed by atoms with van der Waals surface area (Å²) < 4.78 is 24.9. The number of aryl methyl sites for hydroxylation is 2. The van der Waals surface area contributed by atoms with Gasteiger partial charge >= 0.3 is 0 Å². The highest BCUT2D eigenvalue weighted by molar-refractivity contribution is 5.72. The maximum absolute atomic E-state index is 10.0. The summed E-state index contributed by atoms with van der Waals surface area (Å²) in [6.07, 6.45) is 6.29. The zero-order valence-corrected chi connectivity index (χ0v) is 31.8. The van der Waals surface area contributed by atoms with E-state index in [1.54, 1.807) is 36.7 Å². The van der Waals surface area contributed by atoms with Crippen LogP contribution in [0.25, 0.3) is 11.1 Å². The predicted octanol–water partition coefficient (Wildman–Crippen LogP) is 8.42. The molecule has 10 heteroatoms. The van der Waals surface area contributed by atoms with Crippen molar-refractivity contribution in [2.45, 2.75) is 67.3 Å². The number of pyridine rings is 2. The average Bonchev–Trinajstić information content (AvgIpc) is 3.22. The van der Waals surface area contributed by atoms with E-state index in [1.165, 1.54) is 12.4 Å². The van der Waals surface area contributed by atoms with E-state index in [2.05, 4.69) is 60.2 Å². The van der Waals surface area contributed by atoms with Crippen LogP contribution in [0.15, 0.2) is 97.6 Å². The third kappa shape index (κ3) is 9.14. The third-order valence-corrected chi connectivity index (χ3v) is 9.64. The zero-order chi connectivity index (χ0) is 39.6. The van der Waals surface area contributed by atoms with E-state index in [0.29, 0.717) is 58.5 Å². The smallest absolute Gasteiger partial charge is 0.129 e. The molecule has 10 nitrogen and oxygen atoms in total. The van der Waals surface area contributed by atoms with Gasteiger partial charge in [0, 0.05) is 59.2 Å². The molecule has 0 saturated heterocycles. The van der Waals surface area contributed by atoms with Crippen molar-refractivity contribution in [1.29, 1.82) is 10.5 Å². The first-order valence-corrected chi connectivity index (χ1v) is 18.1. The number of ether oxygens (including phenoxy) is 4. The molecule has 2 aromatic heterocycles. The normalized spacial score (nSPS) is 10.7. The number of nitrogens with zero attached hydrogens (tertiary/aromatic N) is 4. The number of hydrogen-bond acceptors (Lipinski definition) is 10. The summed E-state index contributed by atoms with van der Waals surface area (Å²) in [4.78, 5) is 8.20. The average molecular weight is 747 g/mol. The van der Waals surface area contributed by atoms with Gasteiger partial charge in [-0.1, -0.05) is 36.4 Å². The number of benzene rings is 4. The first kappa shape index (κ1) is 39.0. The standard InChI is InChI=1S/C46H42N4O6/c1-29-11-39(23-51)45(53-25-35-13-33(17-47)19-49-21-35)15-43(29)55-27-37-7-5-9-41(31(37)3)42-10-6-8-38(32(42)4)28-56-44-16-46(40(24-52)12-30(44)2)54-26-36-14-34(18-48)20-50-22-36/h5-16,19-22,51-52H,23-28H2,1-4H3. The van der Waals surface area contributed by atoms with Crippen LogP contribution in [0.2, 0.25) is 0 Å². The van der Waals surface area contributed by atoms with Gasteiger partial charge in [-0.05, 0) is 96.5 Å². The summed E-state index contributed by atoms with van der Waals surface area (Å²) >= 11 is 0. The second-order valence-electron chi connectivity index (χ2n) is 13.5. The van der Waals surface area contributed by atoms with Crippen molar-refractivity contribution in [3.05, 3.63) is 164 Å². The lowest BCUT2D eigenvalue weighted by Crippen LogP contribution is -2.05. The summed E-state index contributed by atoms with van der Waals surface area (Å²) in [6, 6.07) is 27.3. The van der Waals surface area contributed by atoms with Crippen LogP contribution in [-0.4, -0.2) is 20.2 Å². The van der Waals surface area contributed by atoms with Gasteiger partial charge in [0.15, 0.2) is 0 Å². The summed E-state index contributed by atoms with van der Waals surface area (Å²) in [6.45, 7) is 8.69. The van der Waals surface area contributed by atoms with Gasteiger partial charge in [0.1, 0.15) is 61.6 Å². The molecule has 0 unspecified atom stereocenters. The van der Waals surface area contributed by atoms with Crippen LogP contribution in [0.1, 0.15) is 66.8 Å². The van der Waals surface area contributed by atoms with E-state index in [4.69, 9.17) is 18.9 Å². The summed E-state index contributed by atoms with van der Waals surface area (Å²) in [7, 11) is 0. The molecule has 2 N–H and O–H groups in total. The van der Waals surface area contributed by atoms with E-state index in [9.17, 15) is 20.7 Å². The molecule has 0 saturated carbocycles. The van der Waals surface area contributed by atoms with Gasteiger partial charge in [-0.25, -0.2) is 0 Å². The van der Waals surface area contributed by atoms with Gasteiger partial charge < -0.3 is 29.2 Å². The molecule has 0 bridgehead atoms. The Labute approximate surface area is 326 Å². The van der Waals surface area contributed by atoms with E-state index in [-0.39, 0.29) is 26.4 Å². The van der Waals surface area contributed by atoms with Crippen LogP contribution in [0.4, 0.5) is 0 Å². The fraction of sp³-hybridized carbons (Fsp3) is 0.217. The molecular weight excluding hydrogens is 705 g/mol. The number of aliphatic hydroxyl groups excluding tert-OH is 2. The van der Waals surface area contributed by atoms with Crippen molar-refractivity contribution >= 4 is 0 Å². The van der Waals surface area contributed by atoms with Crippen LogP contribution < -0.4 is 18.9 Å². The minimum absolute atomic E-state index is 0.187. The number of rotatable bonds is 15. The Morgan fingerprint density at radius 2 is 0.911 bits per heavy atom. The number of nitriles is 2. The largest absolute Gasteiger partial charge is 0.488 e. The fourth-order valence-electron chi connectivity index (χ4n) is 6.44. The van der Waals surface area contributed by atoms with Crippen molar-refractivity contribution in [3.8, 4) is 46.3 Å². The van der Waals surface area contributed by atoms with E-state index in [1.807, 2.05) is 38.1 Å². The fourth-order valence-corrected chi connectivity index (χ4v) is 6.44. The number of aromatic nitrogens is 2. The molecule has 0 amide bonds. The highest BCUT2D eigenvalue weighted by Gasteiger charge is 2.16. The zero-order valence-electron chi connectivity index (χ0n) is 31.8. The lowest BCUT2D eigenvalue weighted by atomic mass is 9.92. The first-order chi connectivity index (χ1) is 27.2. The molecule has 282 valence electrons. The van der Waals surface area contributed by atoms with Crippen molar-refractivity contribution in [2.75, 3.05) is 0 Å². The Morgan fingerprint density at radius 1 is 0.500 bits per heavy atom. The quantitative estimate of drug-likeness (QED) is 0.105. The van der Waals surface area contributed by atoms with Crippen LogP contribution in [-0.2, 0) is 39.6 Å². The molecule has 0 aliphatic rings. The van der Waals surface area contributed by atoms with Crippen LogP contribution in [0.5, 0.6) is 23.0 Å². The lowest BCUT2D eigenvalue weighted by Gasteiger charge is -2.19. The Morgan fingerprint density at radius 3 is 1.30 bits per heavy atom. The second kappa shape index (κ2) is 18.1. The molecule has 0 spiro atoms. The molecule has 2 heterocycles. The molecule has 56 heavy (non-hydrogen) atoms. The van der Waals surface area contributed by atoms with Gasteiger partial charge in [-0.2, -0.15) is 10.5 Å². The van der Waals surface area contributed by atoms with E-state index in [0.717, 1.165) is 55.6 Å². The summed E-state index contributed by atoms with van der Waals surface area (Å²) in [5.74, 6) is 2.28. The first-order valence-electron chi connectivity index (χ1n) is 18.1. The molecule has 0 fully saturated rings. The van der Waals surface area contributed by atoms with Gasteiger partial charge in [0.25, 0.3) is 0 Å². The molecule has 4 aromatic carbocycles. The van der Waals surface area contributed by atoms with Crippen molar-refractivity contribution in [3.63, 3.8) is 0 Å². The number of aliphatic hydroxyl groups is 2. The van der Waals surface area contributed by atoms with Crippen LogP contribution >= 0.6 is 0 Å². The van der Waals surface area contributed by atoms with E-state index < -0.39 is 0 Å². The van der Waals surface area contributed by atoms with Gasteiger partial charge in [0.05, 0.1) is 24.3 Å². The minimum atomic E-state index is -0.193. The molecule has 0 aliphatic carbocycles. The van der Waals surface area contributed by atoms with Gasteiger partial charge in [0.2, 0.25) is 0 Å². The molecule has 6 rings (SSSR count). The Balaban J connectivity index is 1.16. The topological polar surface area (TPSA) is 151 Å². The highest BCUT2D eigenvalue weighted by atomic mass is 16.5. The van der Waals surface area contributed by atoms with Crippen molar-refractivity contribution in [1.82, 2.24) is 9.97 Å². The summed E-state index contributed by atoms with van der Waals surface area (Å²) in [5, 5.41) is 38.5. The second-order valence-corrected chi connectivity index (χ2v) is 13.5. The maximum Gasteiger partial charge on any atom is 0.129 e. The lowest BCUT2D eigenvalue weighted by molar-refractivity contribution is 0.254. The van der Waals surface area contributed by atoms with E-state index >= 15 is 0 Å². The SMILES string of the molecule is Cc1cc(CO)c(OCc2cncc(C#N)c2)cc1OCc1cccc(-c2cccc(COc3cc(OCc4cncc(C#N)c4)c(CO)cc3C)c2C)c1C.